The molecule has 0 fully saturated rings. The van der Waals surface area contributed by atoms with Crippen LogP contribution in [0.1, 0.15) is 44.1 Å². The summed E-state index contributed by atoms with van der Waals surface area (Å²) in [6.45, 7) is 0. The summed E-state index contributed by atoms with van der Waals surface area (Å²) in [6.07, 6.45) is 10.0. The fraction of sp³-hybridized carbons (Fsp3) is 0.417. The van der Waals surface area contributed by atoms with Crippen LogP contribution in [0.15, 0.2) is 53.8 Å². The Kier molecular flexibility index (Phi) is 9.84. The molecule has 2 rings (SSSR count). The number of rotatable bonds is 13. The molecule has 192 valence electrons. The minimum absolute atomic E-state index is 0.103. The van der Waals surface area contributed by atoms with Crippen LogP contribution in [-0.4, -0.2) is 57.0 Å². The van der Waals surface area contributed by atoms with Gasteiger partial charge in [0.1, 0.15) is 5.75 Å². The summed E-state index contributed by atoms with van der Waals surface area (Å²) in [4.78, 5) is 24.2. The van der Waals surface area contributed by atoms with Crippen LogP contribution in [0.5, 0.6) is 5.75 Å². The zero-order valence-corrected chi connectivity index (χ0v) is 21.6. The second-order valence-corrected chi connectivity index (χ2v) is 12.2. The number of nitrogens with zero attached hydrogens (tertiary/aromatic N) is 1. The molecule has 1 atom stereocenters. The minimum atomic E-state index is -4.16. The van der Waals surface area contributed by atoms with Crippen molar-refractivity contribution in [2.45, 2.75) is 38.5 Å². The second kappa shape index (κ2) is 12.2. The topological polar surface area (TPSA) is 135 Å². The van der Waals surface area contributed by atoms with Crippen LogP contribution in [0.25, 0.3) is 6.08 Å². The zero-order valence-electron chi connectivity index (χ0n) is 20.0. The van der Waals surface area contributed by atoms with Crippen molar-refractivity contribution < 1.29 is 36.3 Å². The van der Waals surface area contributed by atoms with Gasteiger partial charge in [-0.25, -0.2) is 16.8 Å². The number of ketones is 1. The number of sulfonamides is 2. The molecule has 0 aromatic heterocycles. The lowest BCUT2D eigenvalue weighted by Crippen LogP contribution is -2.35. The van der Waals surface area contributed by atoms with Crippen molar-refractivity contribution in [2.75, 3.05) is 19.6 Å². The first-order chi connectivity index (χ1) is 16.3. The van der Waals surface area contributed by atoms with Crippen molar-refractivity contribution in [3.8, 4) is 5.75 Å². The number of hydrogen-bond donors (Lipinski definition) is 1. The third-order valence-electron chi connectivity index (χ3n) is 5.41. The molecule has 0 spiro atoms. The Labute approximate surface area is 206 Å². The number of methoxy groups -OCH3 is 1. The summed E-state index contributed by atoms with van der Waals surface area (Å²) in [7, 11) is -6.72. The number of allylic oxidation sites excluding steroid dienone is 4. The fourth-order valence-corrected chi connectivity index (χ4v) is 6.73. The van der Waals surface area contributed by atoms with Gasteiger partial charge in [0.2, 0.25) is 20.0 Å². The molecule has 0 saturated carbocycles. The van der Waals surface area contributed by atoms with Crippen molar-refractivity contribution in [1.82, 2.24) is 3.71 Å². The largest absolute Gasteiger partial charge is 0.497 e. The number of unbranched alkanes of at least 4 members (excludes halogenated alkanes) is 2. The van der Waals surface area contributed by atoms with Crippen LogP contribution >= 0.6 is 0 Å². The lowest BCUT2D eigenvalue weighted by atomic mass is 9.89. The summed E-state index contributed by atoms with van der Waals surface area (Å²) in [5.74, 6) is -1.49. The normalized spacial score (nSPS) is 15.5. The van der Waals surface area contributed by atoms with Crippen LogP contribution < -0.4 is 4.74 Å². The Balaban J connectivity index is 2.00. The van der Waals surface area contributed by atoms with Gasteiger partial charge in [0.15, 0.2) is 5.78 Å². The maximum atomic E-state index is 12.4. The molecule has 0 radical (unpaired) electrons. The van der Waals surface area contributed by atoms with Gasteiger partial charge < -0.3 is 9.84 Å². The summed E-state index contributed by atoms with van der Waals surface area (Å²) in [6, 6.07) is 7.60. The van der Waals surface area contributed by atoms with Gasteiger partial charge in [0, 0.05) is 6.42 Å². The molecular weight excluding hydrogens is 494 g/mol. The third kappa shape index (κ3) is 8.66. The second-order valence-electron chi connectivity index (χ2n) is 8.35. The van der Waals surface area contributed by atoms with Crippen molar-refractivity contribution in [3.05, 3.63) is 59.3 Å². The van der Waals surface area contributed by atoms with E-state index in [2.05, 4.69) is 0 Å². The Morgan fingerprint density at radius 3 is 2.29 bits per heavy atom. The molecule has 1 aromatic rings. The van der Waals surface area contributed by atoms with Crippen LogP contribution in [0.2, 0.25) is 0 Å². The molecule has 1 N–H and O–H groups in total. The van der Waals surface area contributed by atoms with Crippen molar-refractivity contribution in [2.24, 2.45) is 5.92 Å². The van der Waals surface area contributed by atoms with E-state index in [0.717, 1.165) is 36.7 Å². The van der Waals surface area contributed by atoms with E-state index in [-0.39, 0.29) is 33.6 Å². The van der Waals surface area contributed by atoms with Crippen LogP contribution in [0.4, 0.5) is 0 Å². The number of carbonyl (C=O) groups is 2. The zero-order chi connectivity index (χ0) is 26.2. The number of aliphatic carboxylic acids is 1. The fourth-order valence-electron chi connectivity index (χ4n) is 3.74. The predicted molar refractivity (Wildman–Crippen MR) is 134 cm³/mol. The molecule has 1 aliphatic rings. The van der Waals surface area contributed by atoms with Gasteiger partial charge >= 0.3 is 5.97 Å². The first-order valence-corrected chi connectivity index (χ1v) is 14.7. The van der Waals surface area contributed by atoms with E-state index < -0.39 is 31.9 Å². The number of carbonyl (C=O) groups excluding carboxylic acids is 1. The van der Waals surface area contributed by atoms with E-state index in [0.29, 0.717) is 12.8 Å². The van der Waals surface area contributed by atoms with Crippen molar-refractivity contribution in [1.29, 1.82) is 0 Å². The molecule has 35 heavy (non-hydrogen) atoms. The SMILES string of the molecule is COc1ccc(/C=C/CCCCC(CC2=CC(N(S(C)(=O)=O)S(C)(=O)=O)=CCC2=O)C(=O)O)cc1. The number of ether oxygens (including phenoxy) is 1. The molecule has 11 heteroatoms. The van der Waals surface area contributed by atoms with Gasteiger partial charge in [0.05, 0.1) is 31.2 Å². The molecule has 0 aliphatic heterocycles. The van der Waals surface area contributed by atoms with Gasteiger partial charge in [-0.05, 0) is 55.0 Å². The highest BCUT2D eigenvalue weighted by molar-refractivity contribution is 8.03. The molecule has 0 bridgehead atoms. The lowest BCUT2D eigenvalue weighted by Gasteiger charge is -2.24. The van der Waals surface area contributed by atoms with E-state index in [1.54, 1.807) is 7.11 Å². The van der Waals surface area contributed by atoms with E-state index in [1.807, 2.05) is 36.4 Å². The molecule has 0 saturated heterocycles. The highest BCUT2D eigenvalue weighted by Gasteiger charge is 2.31. The summed E-state index contributed by atoms with van der Waals surface area (Å²) < 4.78 is 53.5. The molecule has 1 unspecified atom stereocenters. The first-order valence-electron chi connectivity index (χ1n) is 11.0. The maximum absolute atomic E-state index is 12.4. The van der Waals surface area contributed by atoms with Gasteiger partial charge in [-0.15, -0.1) is 0 Å². The smallest absolute Gasteiger partial charge is 0.306 e. The molecule has 0 amide bonds. The van der Waals surface area contributed by atoms with Crippen molar-refractivity contribution in [3.63, 3.8) is 0 Å². The molecule has 0 heterocycles. The predicted octanol–water partition coefficient (Wildman–Crippen LogP) is 3.36. The van der Waals surface area contributed by atoms with Gasteiger partial charge in [0.25, 0.3) is 0 Å². The van der Waals surface area contributed by atoms with E-state index in [4.69, 9.17) is 4.74 Å². The summed E-state index contributed by atoms with van der Waals surface area (Å²) in [5, 5.41) is 9.64. The number of benzene rings is 1. The van der Waals surface area contributed by atoms with Crippen LogP contribution in [0, 0.1) is 5.92 Å². The number of Topliss-reactive ketones (excluding diaryl/α,β-unsaturated/α-hetero) is 1. The average Bonchev–Trinajstić information content (AvgIpc) is 2.75. The van der Waals surface area contributed by atoms with E-state index in [9.17, 15) is 31.5 Å². The highest BCUT2D eigenvalue weighted by atomic mass is 32.3. The standard InChI is InChI=1S/C24H31NO8S2/c1-33-22-13-10-18(11-14-22)8-6-4-5-7-9-19(24(27)28)16-20-17-21(12-15-23(20)26)25(34(2,29)30)35(3,31)32/h6,8,10-14,17,19H,4-5,7,9,15-16H2,1-3H3,(H,27,28)/b8-6+. The first kappa shape index (κ1) is 28.3. The summed E-state index contributed by atoms with van der Waals surface area (Å²) in [5.41, 5.74) is 0.960. The Morgan fingerprint density at radius 1 is 1.11 bits per heavy atom. The molecular formula is C24H31NO8S2. The van der Waals surface area contributed by atoms with Gasteiger partial charge in [-0.2, -0.15) is 3.71 Å². The average molecular weight is 526 g/mol. The number of hydrogen-bond acceptors (Lipinski definition) is 7. The minimum Gasteiger partial charge on any atom is -0.497 e. The highest BCUT2D eigenvalue weighted by Crippen LogP contribution is 2.28. The Hall–Kier alpha value is -2.92. The van der Waals surface area contributed by atoms with Crippen molar-refractivity contribution >= 4 is 37.9 Å². The van der Waals surface area contributed by atoms with Crippen LogP contribution in [-0.2, 0) is 29.6 Å². The Bertz CT molecular complexity index is 1190. The van der Waals surface area contributed by atoms with Crippen LogP contribution in [0.3, 0.4) is 0 Å². The summed E-state index contributed by atoms with van der Waals surface area (Å²) >= 11 is 0. The number of carboxylic acid groups (broad SMARTS) is 1. The number of carboxylic acids is 1. The molecule has 9 nitrogen and oxygen atoms in total. The Morgan fingerprint density at radius 2 is 1.74 bits per heavy atom. The molecule has 1 aliphatic carbocycles. The lowest BCUT2D eigenvalue weighted by molar-refractivity contribution is -0.142. The maximum Gasteiger partial charge on any atom is 0.306 e. The van der Waals surface area contributed by atoms with Gasteiger partial charge in [-0.3, -0.25) is 9.59 Å². The third-order valence-corrected chi connectivity index (χ3v) is 8.66. The molecule has 1 aromatic carbocycles. The van der Waals surface area contributed by atoms with Gasteiger partial charge in [-0.1, -0.05) is 36.8 Å². The van der Waals surface area contributed by atoms with E-state index >= 15 is 0 Å². The van der Waals surface area contributed by atoms with E-state index in [1.165, 1.54) is 12.2 Å². The quantitative estimate of drug-likeness (QED) is 0.387. The monoisotopic (exact) mass is 525 g/mol.